The highest BCUT2D eigenvalue weighted by Crippen LogP contribution is 2.26. The highest BCUT2D eigenvalue weighted by molar-refractivity contribution is 9.10. The number of halogens is 2. The van der Waals surface area contributed by atoms with E-state index in [-0.39, 0.29) is 5.82 Å². The third kappa shape index (κ3) is 1.98. The number of hydrogen-bond donors (Lipinski definition) is 1. The molecule has 0 aliphatic carbocycles. The van der Waals surface area contributed by atoms with E-state index >= 15 is 0 Å². The van der Waals surface area contributed by atoms with Crippen LogP contribution < -0.4 is 0 Å². The zero-order chi connectivity index (χ0) is 11.7. The van der Waals surface area contributed by atoms with Crippen molar-refractivity contribution in [3.05, 3.63) is 28.2 Å². The van der Waals surface area contributed by atoms with Gasteiger partial charge in [0.1, 0.15) is 11.6 Å². The molecular weight excluding hydrogens is 271 g/mol. The van der Waals surface area contributed by atoms with Gasteiger partial charge in [-0.05, 0) is 34.8 Å². The standard InChI is InChI=1S/C12H14BrFN2/c1-3-7(4-2)12-15-10-5-8(13)9(14)6-11(10)16-12/h5-7H,3-4H2,1-2H3,(H,15,16). The lowest BCUT2D eigenvalue weighted by Crippen LogP contribution is -1.97. The number of fused-ring (bicyclic) bond motifs is 1. The number of aromatic amines is 1. The number of rotatable bonds is 3. The molecule has 1 heterocycles. The molecule has 1 N–H and O–H groups in total. The molecule has 1 aromatic carbocycles. The Morgan fingerprint density at radius 3 is 2.69 bits per heavy atom. The van der Waals surface area contributed by atoms with Gasteiger partial charge in [0.15, 0.2) is 0 Å². The van der Waals surface area contributed by atoms with E-state index in [0.29, 0.717) is 10.4 Å². The maximum Gasteiger partial charge on any atom is 0.139 e. The molecule has 0 unspecified atom stereocenters. The highest BCUT2D eigenvalue weighted by atomic mass is 79.9. The number of H-pyrrole nitrogens is 1. The van der Waals surface area contributed by atoms with Crippen LogP contribution in [0.3, 0.4) is 0 Å². The van der Waals surface area contributed by atoms with Crippen molar-refractivity contribution in [3.63, 3.8) is 0 Å². The summed E-state index contributed by atoms with van der Waals surface area (Å²) in [6, 6.07) is 3.20. The Kier molecular flexibility index (Phi) is 3.28. The van der Waals surface area contributed by atoms with Gasteiger partial charge in [0.2, 0.25) is 0 Å². The minimum absolute atomic E-state index is 0.257. The largest absolute Gasteiger partial charge is 0.342 e. The molecule has 0 aliphatic rings. The summed E-state index contributed by atoms with van der Waals surface area (Å²) in [6.07, 6.45) is 2.08. The summed E-state index contributed by atoms with van der Waals surface area (Å²) in [5.74, 6) is 1.12. The van der Waals surface area contributed by atoms with Gasteiger partial charge in [-0.3, -0.25) is 0 Å². The first-order chi connectivity index (χ1) is 7.65. The van der Waals surface area contributed by atoms with E-state index in [1.807, 2.05) is 0 Å². The molecule has 0 bridgehead atoms. The summed E-state index contributed by atoms with van der Waals surface area (Å²) >= 11 is 3.17. The number of imidazole rings is 1. The second-order valence-electron chi connectivity index (χ2n) is 3.92. The Labute approximate surface area is 102 Å². The fourth-order valence-corrected chi connectivity index (χ4v) is 2.22. The fourth-order valence-electron chi connectivity index (χ4n) is 1.89. The number of aromatic nitrogens is 2. The van der Waals surface area contributed by atoms with Gasteiger partial charge in [0.25, 0.3) is 0 Å². The molecular formula is C12H14BrFN2. The zero-order valence-corrected chi connectivity index (χ0v) is 10.9. The van der Waals surface area contributed by atoms with E-state index in [9.17, 15) is 4.39 Å². The van der Waals surface area contributed by atoms with Crippen molar-refractivity contribution >= 4 is 27.0 Å². The van der Waals surface area contributed by atoms with E-state index in [0.717, 1.165) is 29.7 Å². The maximum absolute atomic E-state index is 13.3. The van der Waals surface area contributed by atoms with Crippen LogP contribution in [0.1, 0.15) is 38.4 Å². The Morgan fingerprint density at radius 1 is 1.38 bits per heavy atom. The molecule has 0 spiro atoms. The van der Waals surface area contributed by atoms with Crippen LogP contribution >= 0.6 is 15.9 Å². The normalized spacial score (nSPS) is 11.6. The van der Waals surface area contributed by atoms with Crippen molar-refractivity contribution in [1.29, 1.82) is 0 Å². The molecule has 0 saturated carbocycles. The van der Waals surface area contributed by atoms with Gasteiger partial charge in [-0.1, -0.05) is 13.8 Å². The molecule has 0 amide bonds. The number of nitrogens with one attached hydrogen (secondary N) is 1. The lowest BCUT2D eigenvalue weighted by atomic mass is 10.0. The summed E-state index contributed by atoms with van der Waals surface area (Å²) in [5.41, 5.74) is 1.58. The maximum atomic E-state index is 13.3. The van der Waals surface area contributed by atoms with E-state index in [1.165, 1.54) is 6.07 Å². The van der Waals surface area contributed by atoms with Crippen LogP contribution in [0, 0.1) is 5.82 Å². The Balaban J connectivity index is 2.51. The average molecular weight is 285 g/mol. The fraction of sp³-hybridized carbons (Fsp3) is 0.417. The first kappa shape index (κ1) is 11.6. The van der Waals surface area contributed by atoms with Gasteiger partial charge >= 0.3 is 0 Å². The molecule has 0 atom stereocenters. The monoisotopic (exact) mass is 284 g/mol. The third-order valence-corrected chi connectivity index (χ3v) is 3.52. The van der Waals surface area contributed by atoms with E-state index in [4.69, 9.17) is 0 Å². The van der Waals surface area contributed by atoms with Gasteiger partial charge in [0, 0.05) is 12.0 Å². The molecule has 0 radical (unpaired) electrons. The van der Waals surface area contributed by atoms with Crippen molar-refractivity contribution in [3.8, 4) is 0 Å². The Hall–Kier alpha value is -0.900. The summed E-state index contributed by atoms with van der Waals surface area (Å²) in [4.78, 5) is 7.70. The molecule has 0 saturated heterocycles. The molecule has 1 aromatic heterocycles. The minimum Gasteiger partial charge on any atom is -0.342 e. The lowest BCUT2D eigenvalue weighted by molar-refractivity contribution is 0.610. The van der Waals surface area contributed by atoms with Crippen LogP contribution in [-0.4, -0.2) is 9.97 Å². The van der Waals surface area contributed by atoms with Gasteiger partial charge in [-0.15, -0.1) is 0 Å². The van der Waals surface area contributed by atoms with E-state index in [2.05, 4.69) is 39.7 Å². The van der Waals surface area contributed by atoms with Crippen molar-refractivity contribution in [2.75, 3.05) is 0 Å². The smallest absolute Gasteiger partial charge is 0.139 e. The Morgan fingerprint density at radius 2 is 2.06 bits per heavy atom. The first-order valence-corrected chi connectivity index (χ1v) is 6.29. The van der Waals surface area contributed by atoms with E-state index < -0.39 is 0 Å². The second kappa shape index (κ2) is 4.53. The van der Waals surface area contributed by atoms with Gasteiger partial charge in [-0.2, -0.15) is 0 Å². The van der Waals surface area contributed by atoms with Crippen molar-refractivity contribution in [2.24, 2.45) is 0 Å². The van der Waals surface area contributed by atoms with Crippen LogP contribution in [0.4, 0.5) is 4.39 Å². The minimum atomic E-state index is -0.257. The quantitative estimate of drug-likeness (QED) is 0.891. The van der Waals surface area contributed by atoms with Crippen LogP contribution in [0.25, 0.3) is 11.0 Å². The van der Waals surface area contributed by atoms with Crippen LogP contribution in [0.2, 0.25) is 0 Å². The lowest BCUT2D eigenvalue weighted by Gasteiger charge is -2.07. The number of benzene rings is 1. The molecule has 2 aromatic rings. The topological polar surface area (TPSA) is 28.7 Å². The van der Waals surface area contributed by atoms with Crippen LogP contribution in [0.5, 0.6) is 0 Å². The SMILES string of the molecule is CCC(CC)c1nc2cc(Br)c(F)cc2[nH]1. The van der Waals surface area contributed by atoms with Crippen molar-refractivity contribution < 1.29 is 4.39 Å². The Bertz CT molecular complexity index is 464. The van der Waals surface area contributed by atoms with Gasteiger partial charge < -0.3 is 4.98 Å². The molecule has 4 heteroatoms. The summed E-state index contributed by atoms with van der Waals surface area (Å²) < 4.78 is 13.8. The highest BCUT2D eigenvalue weighted by Gasteiger charge is 2.13. The summed E-state index contributed by atoms with van der Waals surface area (Å²) in [6.45, 7) is 4.27. The van der Waals surface area contributed by atoms with E-state index in [1.54, 1.807) is 6.07 Å². The third-order valence-electron chi connectivity index (χ3n) is 2.91. The molecule has 2 nitrogen and oxygen atoms in total. The molecule has 16 heavy (non-hydrogen) atoms. The molecule has 86 valence electrons. The molecule has 2 rings (SSSR count). The summed E-state index contributed by atoms with van der Waals surface area (Å²) in [5, 5.41) is 0. The van der Waals surface area contributed by atoms with Crippen LogP contribution in [0.15, 0.2) is 16.6 Å². The first-order valence-electron chi connectivity index (χ1n) is 5.50. The van der Waals surface area contributed by atoms with Crippen LogP contribution in [-0.2, 0) is 0 Å². The predicted octanol–water partition coefficient (Wildman–Crippen LogP) is 4.37. The second-order valence-corrected chi connectivity index (χ2v) is 4.77. The number of nitrogens with zero attached hydrogens (tertiary/aromatic N) is 1. The summed E-state index contributed by atoms with van der Waals surface area (Å²) in [7, 11) is 0. The average Bonchev–Trinajstić information content (AvgIpc) is 2.63. The van der Waals surface area contributed by atoms with Crippen molar-refractivity contribution in [1.82, 2.24) is 9.97 Å². The van der Waals surface area contributed by atoms with Crippen molar-refractivity contribution in [2.45, 2.75) is 32.6 Å². The zero-order valence-electron chi connectivity index (χ0n) is 9.35. The molecule has 0 aliphatic heterocycles. The number of hydrogen-bond acceptors (Lipinski definition) is 1. The molecule has 0 fully saturated rings. The predicted molar refractivity (Wildman–Crippen MR) is 67.1 cm³/mol. The van der Waals surface area contributed by atoms with Gasteiger partial charge in [-0.25, -0.2) is 9.37 Å². The van der Waals surface area contributed by atoms with Gasteiger partial charge in [0.05, 0.1) is 15.5 Å².